The Kier molecular flexibility index (Phi) is 3.96. The zero-order chi connectivity index (χ0) is 16.4. The van der Waals surface area contributed by atoms with Crippen LogP contribution in [0, 0.1) is 6.92 Å². The molecule has 0 saturated carbocycles. The molecule has 0 aliphatic carbocycles. The van der Waals surface area contributed by atoms with E-state index in [0.29, 0.717) is 4.90 Å². The second-order valence-corrected chi connectivity index (χ2v) is 7.41. The molecule has 0 amide bonds. The highest BCUT2D eigenvalue weighted by Gasteiger charge is 2.13. The molecule has 0 N–H and O–H groups in total. The Morgan fingerprint density at radius 2 is 1.65 bits per heavy atom. The van der Waals surface area contributed by atoms with Gasteiger partial charge in [0.1, 0.15) is 0 Å². The number of pyridine rings is 2. The van der Waals surface area contributed by atoms with Crippen molar-refractivity contribution < 1.29 is 8.42 Å². The summed E-state index contributed by atoms with van der Waals surface area (Å²) in [5.74, 6) is 0. The van der Waals surface area contributed by atoms with E-state index in [1.165, 1.54) is 6.26 Å². The van der Waals surface area contributed by atoms with Gasteiger partial charge in [-0.05, 0) is 48.4 Å². The number of rotatable bonds is 3. The molecule has 0 aliphatic heterocycles. The molecular formula is C18H16N2O2S. The molecule has 0 bridgehead atoms. The van der Waals surface area contributed by atoms with Crippen LogP contribution in [-0.2, 0) is 9.84 Å². The van der Waals surface area contributed by atoms with Crippen molar-refractivity contribution in [3.8, 4) is 22.4 Å². The average Bonchev–Trinajstić information content (AvgIpc) is 2.55. The lowest BCUT2D eigenvalue weighted by molar-refractivity contribution is 0.602. The molecule has 116 valence electrons. The van der Waals surface area contributed by atoms with E-state index in [9.17, 15) is 8.42 Å². The lowest BCUT2D eigenvalue weighted by Gasteiger charge is -2.12. The minimum absolute atomic E-state index is 0.311. The molecule has 0 fully saturated rings. The summed E-state index contributed by atoms with van der Waals surface area (Å²) in [6.07, 6.45) is 6.47. The van der Waals surface area contributed by atoms with Gasteiger partial charge in [0, 0.05) is 36.0 Å². The third-order valence-electron chi connectivity index (χ3n) is 3.67. The van der Waals surface area contributed by atoms with E-state index in [4.69, 9.17) is 0 Å². The van der Waals surface area contributed by atoms with Crippen LogP contribution < -0.4 is 0 Å². The maximum Gasteiger partial charge on any atom is 0.175 e. The van der Waals surface area contributed by atoms with Crippen LogP contribution in [0.15, 0.2) is 66.0 Å². The molecule has 3 aromatic rings. The Bertz CT molecular complexity index is 935. The van der Waals surface area contributed by atoms with Gasteiger partial charge < -0.3 is 0 Å². The molecule has 0 unspecified atom stereocenters. The van der Waals surface area contributed by atoms with Crippen molar-refractivity contribution in [1.82, 2.24) is 9.97 Å². The first-order valence-electron chi connectivity index (χ1n) is 7.13. The predicted molar refractivity (Wildman–Crippen MR) is 90.8 cm³/mol. The number of nitrogens with zero attached hydrogens (tertiary/aromatic N) is 2. The average molecular weight is 324 g/mol. The van der Waals surface area contributed by atoms with Crippen molar-refractivity contribution in [2.75, 3.05) is 6.26 Å². The van der Waals surface area contributed by atoms with Crippen molar-refractivity contribution in [3.05, 3.63) is 66.6 Å². The fraction of sp³-hybridized carbons (Fsp3) is 0.111. The molecule has 0 radical (unpaired) electrons. The Morgan fingerprint density at radius 3 is 2.26 bits per heavy atom. The first-order valence-corrected chi connectivity index (χ1v) is 9.02. The molecule has 0 atom stereocenters. The summed E-state index contributed by atoms with van der Waals surface area (Å²) in [5, 5.41) is 0. The van der Waals surface area contributed by atoms with E-state index in [1.54, 1.807) is 30.7 Å². The third-order valence-corrected chi connectivity index (χ3v) is 4.79. The minimum atomic E-state index is -3.20. The van der Waals surface area contributed by atoms with Crippen molar-refractivity contribution in [3.63, 3.8) is 0 Å². The van der Waals surface area contributed by atoms with E-state index in [0.717, 1.165) is 27.9 Å². The lowest BCUT2D eigenvalue weighted by atomic mass is 9.96. The second kappa shape index (κ2) is 5.93. The number of aryl methyl sites for hydroxylation is 1. The first kappa shape index (κ1) is 15.4. The minimum Gasteiger partial charge on any atom is -0.264 e. The number of sulfone groups is 1. The molecule has 3 rings (SSSR count). The SMILES string of the molecule is Cc1ccnc(-c2cccnc2)c1-c1ccc(S(C)(=O)=O)cc1. The highest BCUT2D eigenvalue weighted by Crippen LogP contribution is 2.33. The van der Waals surface area contributed by atoms with Crippen LogP contribution in [0.5, 0.6) is 0 Å². The monoisotopic (exact) mass is 324 g/mol. The standard InChI is InChI=1S/C18H16N2O2S/c1-13-9-11-20-18(15-4-3-10-19-12-15)17(13)14-5-7-16(8-6-14)23(2,21)22/h3-12H,1-2H3. The Balaban J connectivity index is 2.17. The van der Waals surface area contributed by atoms with Gasteiger partial charge in [-0.1, -0.05) is 12.1 Å². The van der Waals surface area contributed by atoms with E-state index in [-0.39, 0.29) is 0 Å². The zero-order valence-electron chi connectivity index (χ0n) is 12.9. The molecule has 4 nitrogen and oxygen atoms in total. The highest BCUT2D eigenvalue weighted by atomic mass is 32.2. The number of aromatic nitrogens is 2. The lowest BCUT2D eigenvalue weighted by Crippen LogP contribution is -1.97. The number of hydrogen-bond acceptors (Lipinski definition) is 4. The summed E-state index contributed by atoms with van der Waals surface area (Å²) in [4.78, 5) is 8.96. The molecule has 2 aromatic heterocycles. The second-order valence-electron chi connectivity index (χ2n) is 5.39. The summed E-state index contributed by atoms with van der Waals surface area (Å²) in [6, 6.07) is 12.7. The molecule has 1 aromatic carbocycles. The van der Waals surface area contributed by atoms with Gasteiger partial charge in [0.2, 0.25) is 0 Å². The molecular weight excluding hydrogens is 308 g/mol. The maximum absolute atomic E-state index is 11.6. The maximum atomic E-state index is 11.6. The van der Waals surface area contributed by atoms with Gasteiger partial charge in [0.25, 0.3) is 0 Å². The normalized spacial score (nSPS) is 11.4. The van der Waals surface area contributed by atoms with E-state index in [2.05, 4.69) is 9.97 Å². The van der Waals surface area contributed by atoms with Gasteiger partial charge >= 0.3 is 0 Å². The number of benzene rings is 1. The highest BCUT2D eigenvalue weighted by molar-refractivity contribution is 7.90. The largest absolute Gasteiger partial charge is 0.264 e. The van der Waals surface area contributed by atoms with Gasteiger partial charge in [-0.15, -0.1) is 0 Å². The van der Waals surface area contributed by atoms with Crippen molar-refractivity contribution >= 4 is 9.84 Å². The third kappa shape index (κ3) is 3.14. The molecule has 5 heteroatoms. The quantitative estimate of drug-likeness (QED) is 0.739. The molecule has 0 aliphatic rings. The predicted octanol–water partition coefficient (Wildman–Crippen LogP) is 3.52. The summed E-state index contributed by atoms with van der Waals surface area (Å²) in [6.45, 7) is 2.02. The van der Waals surface area contributed by atoms with Gasteiger partial charge in [-0.3, -0.25) is 9.97 Å². The van der Waals surface area contributed by atoms with Gasteiger partial charge in [-0.25, -0.2) is 8.42 Å². The summed E-state index contributed by atoms with van der Waals surface area (Å²) < 4.78 is 23.2. The van der Waals surface area contributed by atoms with Gasteiger partial charge in [0.15, 0.2) is 9.84 Å². The van der Waals surface area contributed by atoms with E-state index >= 15 is 0 Å². The van der Waals surface area contributed by atoms with Gasteiger partial charge in [-0.2, -0.15) is 0 Å². The fourth-order valence-corrected chi connectivity index (χ4v) is 3.14. The fourth-order valence-electron chi connectivity index (χ4n) is 2.51. The Hall–Kier alpha value is -2.53. The van der Waals surface area contributed by atoms with E-state index < -0.39 is 9.84 Å². The summed E-state index contributed by atoms with van der Waals surface area (Å²) in [7, 11) is -3.20. The van der Waals surface area contributed by atoms with Crippen molar-refractivity contribution in [2.24, 2.45) is 0 Å². The molecule has 0 saturated heterocycles. The van der Waals surface area contributed by atoms with Gasteiger partial charge in [0.05, 0.1) is 10.6 Å². The van der Waals surface area contributed by atoms with E-state index in [1.807, 2.05) is 37.3 Å². The van der Waals surface area contributed by atoms with Crippen LogP contribution in [-0.4, -0.2) is 24.6 Å². The van der Waals surface area contributed by atoms with Crippen LogP contribution in [0.25, 0.3) is 22.4 Å². The smallest absolute Gasteiger partial charge is 0.175 e. The van der Waals surface area contributed by atoms with Crippen molar-refractivity contribution in [1.29, 1.82) is 0 Å². The van der Waals surface area contributed by atoms with Crippen LogP contribution >= 0.6 is 0 Å². The zero-order valence-corrected chi connectivity index (χ0v) is 13.7. The van der Waals surface area contributed by atoms with Crippen molar-refractivity contribution in [2.45, 2.75) is 11.8 Å². The van der Waals surface area contributed by atoms with Crippen LogP contribution in [0.1, 0.15) is 5.56 Å². The molecule has 23 heavy (non-hydrogen) atoms. The molecule has 2 heterocycles. The Labute approximate surface area is 135 Å². The van der Waals surface area contributed by atoms with Crippen LogP contribution in [0.3, 0.4) is 0 Å². The van der Waals surface area contributed by atoms with Crippen LogP contribution in [0.4, 0.5) is 0 Å². The number of hydrogen-bond donors (Lipinski definition) is 0. The topological polar surface area (TPSA) is 59.9 Å². The summed E-state index contributed by atoms with van der Waals surface area (Å²) >= 11 is 0. The Morgan fingerprint density at radius 1 is 0.913 bits per heavy atom. The first-order chi connectivity index (χ1) is 11.0. The molecule has 0 spiro atoms. The summed E-state index contributed by atoms with van der Waals surface area (Å²) in [5.41, 5.74) is 4.76. The van der Waals surface area contributed by atoms with Crippen LogP contribution in [0.2, 0.25) is 0 Å².